The number of amides is 2. The van der Waals surface area contributed by atoms with Crippen LogP contribution in [0.4, 0.5) is 0 Å². The molecule has 2 aromatic rings. The Morgan fingerprint density at radius 1 is 0.944 bits per heavy atom. The molecule has 2 amide bonds. The van der Waals surface area contributed by atoms with Gasteiger partial charge in [-0.15, -0.1) is 0 Å². The molecule has 1 aliphatic carbocycles. The summed E-state index contributed by atoms with van der Waals surface area (Å²) in [7, 11) is 4.94. The van der Waals surface area contributed by atoms with E-state index < -0.39 is 30.2 Å². The molecular weight excluding hydrogens is 454 g/mol. The average molecular weight is 490 g/mol. The lowest BCUT2D eigenvalue weighted by Crippen LogP contribution is -2.52. The monoisotopic (exact) mass is 489 g/mol. The summed E-state index contributed by atoms with van der Waals surface area (Å²) in [5.41, 5.74) is 3.24. The van der Waals surface area contributed by atoms with E-state index >= 15 is 0 Å². The summed E-state index contributed by atoms with van der Waals surface area (Å²) in [5, 5.41) is 11.5. The summed E-state index contributed by atoms with van der Waals surface area (Å²) >= 11 is 0. The number of nitrogens with one attached hydrogen (secondary N) is 1. The number of rotatable bonds is 8. The van der Waals surface area contributed by atoms with Gasteiger partial charge in [-0.25, -0.2) is 0 Å². The van der Waals surface area contributed by atoms with E-state index in [0.29, 0.717) is 11.6 Å². The van der Waals surface area contributed by atoms with Crippen LogP contribution in [0.2, 0.25) is 0 Å². The predicted octanol–water partition coefficient (Wildman–Crippen LogP) is 2.60. The standard InChI is InChI=1S/C29H35N3O4/c1-30-28(35)27(26(34)20-33)32(3)29(36)24-17-15-22(16-18-24)10-9-21-11-13-23(14-12-21)19-31(2)25-7-5-4-6-8-25/h11-18,25,27,33H,4-8,19-20H2,1-3H3,(H,30,35). The van der Waals surface area contributed by atoms with Crippen molar-refractivity contribution in [3.63, 3.8) is 0 Å². The summed E-state index contributed by atoms with van der Waals surface area (Å²) in [6.07, 6.45) is 6.59. The highest BCUT2D eigenvalue weighted by Crippen LogP contribution is 2.23. The summed E-state index contributed by atoms with van der Waals surface area (Å²) < 4.78 is 0. The lowest BCUT2D eigenvalue weighted by atomic mass is 9.94. The van der Waals surface area contributed by atoms with Crippen molar-refractivity contribution in [3.8, 4) is 11.8 Å². The van der Waals surface area contributed by atoms with E-state index in [1.807, 2.05) is 12.1 Å². The molecule has 0 saturated heterocycles. The summed E-state index contributed by atoms with van der Waals surface area (Å²) in [5.74, 6) is 4.36. The number of carbonyl (C=O) groups excluding carboxylic acids is 3. The molecule has 0 aliphatic heterocycles. The van der Waals surface area contributed by atoms with Crippen LogP contribution in [0.25, 0.3) is 0 Å². The van der Waals surface area contributed by atoms with Gasteiger partial charge in [0, 0.05) is 43.4 Å². The molecular formula is C29H35N3O4. The fraction of sp³-hybridized carbons (Fsp3) is 0.414. The van der Waals surface area contributed by atoms with Crippen LogP contribution in [0.1, 0.15) is 59.2 Å². The maximum absolute atomic E-state index is 12.8. The SMILES string of the molecule is CNC(=O)C(C(=O)CO)N(C)C(=O)c1ccc(C#Cc2ccc(CN(C)C3CCCCC3)cc2)cc1. The van der Waals surface area contributed by atoms with Crippen molar-refractivity contribution in [1.82, 2.24) is 15.1 Å². The highest BCUT2D eigenvalue weighted by molar-refractivity contribution is 6.10. The molecule has 0 aromatic heterocycles. The molecule has 190 valence electrons. The van der Waals surface area contributed by atoms with E-state index in [4.69, 9.17) is 5.11 Å². The van der Waals surface area contributed by atoms with Gasteiger partial charge in [0.15, 0.2) is 11.8 Å². The van der Waals surface area contributed by atoms with Gasteiger partial charge in [-0.2, -0.15) is 0 Å². The first kappa shape index (κ1) is 27.1. The van der Waals surface area contributed by atoms with Gasteiger partial charge in [0.05, 0.1) is 0 Å². The molecule has 2 N–H and O–H groups in total. The number of nitrogens with zero attached hydrogens (tertiary/aromatic N) is 2. The number of hydrogen-bond acceptors (Lipinski definition) is 5. The fourth-order valence-electron chi connectivity index (χ4n) is 4.56. The number of carbonyl (C=O) groups is 3. The first-order valence-corrected chi connectivity index (χ1v) is 12.4. The molecule has 0 radical (unpaired) electrons. The molecule has 36 heavy (non-hydrogen) atoms. The second-order valence-electron chi connectivity index (χ2n) is 9.29. The topological polar surface area (TPSA) is 90.0 Å². The van der Waals surface area contributed by atoms with Gasteiger partial charge < -0.3 is 15.3 Å². The minimum Gasteiger partial charge on any atom is -0.388 e. The van der Waals surface area contributed by atoms with Crippen molar-refractivity contribution in [1.29, 1.82) is 0 Å². The van der Waals surface area contributed by atoms with Crippen LogP contribution in [0.3, 0.4) is 0 Å². The molecule has 7 nitrogen and oxygen atoms in total. The minimum atomic E-state index is -1.39. The van der Waals surface area contributed by atoms with Gasteiger partial charge in [0.2, 0.25) is 5.91 Å². The van der Waals surface area contributed by atoms with Crippen LogP contribution in [-0.2, 0) is 16.1 Å². The summed E-state index contributed by atoms with van der Waals surface area (Å²) in [6, 6.07) is 14.3. The second-order valence-corrected chi connectivity index (χ2v) is 9.29. The van der Waals surface area contributed by atoms with E-state index in [1.54, 1.807) is 24.3 Å². The second kappa shape index (κ2) is 13.0. The molecule has 3 rings (SSSR count). The molecule has 1 fully saturated rings. The Kier molecular flexibility index (Phi) is 9.80. The zero-order valence-corrected chi connectivity index (χ0v) is 21.3. The van der Waals surface area contributed by atoms with Crippen molar-refractivity contribution in [2.75, 3.05) is 27.7 Å². The number of ketones is 1. The molecule has 1 aliphatic rings. The van der Waals surface area contributed by atoms with Gasteiger partial charge in [0.1, 0.15) is 6.61 Å². The van der Waals surface area contributed by atoms with Crippen molar-refractivity contribution in [2.45, 2.75) is 50.7 Å². The van der Waals surface area contributed by atoms with Crippen LogP contribution >= 0.6 is 0 Å². The molecule has 0 bridgehead atoms. The third-order valence-corrected chi connectivity index (χ3v) is 6.73. The Balaban J connectivity index is 1.62. The van der Waals surface area contributed by atoms with Crippen molar-refractivity contribution < 1.29 is 19.5 Å². The highest BCUT2D eigenvalue weighted by atomic mass is 16.3. The third kappa shape index (κ3) is 7.03. The van der Waals surface area contributed by atoms with Crippen molar-refractivity contribution in [2.24, 2.45) is 0 Å². The first-order valence-electron chi connectivity index (χ1n) is 12.4. The van der Waals surface area contributed by atoms with Crippen molar-refractivity contribution in [3.05, 3.63) is 70.8 Å². The van der Waals surface area contributed by atoms with Crippen LogP contribution in [-0.4, -0.2) is 72.3 Å². The Bertz CT molecular complexity index is 1090. The summed E-state index contributed by atoms with van der Waals surface area (Å²) in [6.45, 7) is 0.107. The number of aliphatic hydroxyl groups excluding tert-OH is 1. The lowest BCUT2D eigenvalue weighted by Gasteiger charge is -2.31. The lowest BCUT2D eigenvalue weighted by molar-refractivity contribution is -0.135. The normalized spacial score (nSPS) is 14.5. The van der Waals surface area contributed by atoms with E-state index in [0.717, 1.165) is 22.6 Å². The van der Waals surface area contributed by atoms with Crippen LogP contribution in [0.15, 0.2) is 48.5 Å². The Morgan fingerprint density at radius 3 is 2.03 bits per heavy atom. The number of hydrogen-bond donors (Lipinski definition) is 2. The van der Waals surface area contributed by atoms with E-state index in [2.05, 4.69) is 41.2 Å². The Morgan fingerprint density at radius 2 is 1.50 bits per heavy atom. The van der Waals surface area contributed by atoms with E-state index in [1.165, 1.54) is 51.8 Å². The number of benzene rings is 2. The fourth-order valence-corrected chi connectivity index (χ4v) is 4.56. The molecule has 1 atom stereocenters. The smallest absolute Gasteiger partial charge is 0.254 e. The average Bonchev–Trinajstić information content (AvgIpc) is 2.92. The Labute approximate surface area is 213 Å². The molecule has 0 heterocycles. The van der Waals surface area contributed by atoms with E-state index in [-0.39, 0.29) is 0 Å². The number of likely N-dealkylation sites (N-methyl/N-ethyl adjacent to an activating group) is 2. The Hall–Kier alpha value is -3.47. The number of aliphatic hydroxyl groups is 1. The summed E-state index contributed by atoms with van der Waals surface area (Å²) in [4.78, 5) is 40.3. The third-order valence-electron chi connectivity index (χ3n) is 6.73. The maximum atomic E-state index is 12.8. The largest absolute Gasteiger partial charge is 0.388 e. The van der Waals surface area contributed by atoms with Crippen molar-refractivity contribution >= 4 is 17.6 Å². The van der Waals surface area contributed by atoms with Crippen LogP contribution in [0.5, 0.6) is 0 Å². The van der Waals surface area contributed by atoms with Gasteiger partial charge >= 0.3 is 0 Å². The molecule has 2 aromatic carbocycles. The first-order chi connectivity index (χ1) is 17.3. The zero-order valence-electron chi connectivity index (χ0n) is 21.3. The van der Waals surface area contributed by atoms with Gasteiger partial charge in [-0.3, -0.25) is 19.3 Å². The highest BCUT2D eigenvalue weighted by Gasteiger charge is 2.32. The molecule has 1 unspecified atom stereocenters. The van der Waals surface area contributed by atoms with Crippen LogP contribution < -0.4 is 5.32 Å². The zero-order chi connectivity index (χ0) is 26.1. The molecule has 1 saturated carbocycles. The van der Waals surface area contributed by atoms with E-state index in [9.17, 15) is 14.4 Å². The predicted molar refractivity (Wildman–Crippen MR) is 139 cm³/mol. The molecule has 7 heteroatoms. The van der Waals surface area contributed by atoms with Gasteiger partial charge in [0.25, 0.3) is 5.91 Å². The quantitative estimate of drug-likeness (QED) is 0.440. The number of Topliss-reactive ketones (excluding diaryl/α,β-unsaturated/α-hetero) is 1. The minimum absolute atomic E-state index is 0.314. The van der Waals surface area contributed by atoms with Gasteiger partial charge in [-0.1, -0.05) is 43.2 Å². The molecule has 0 spiro atoms. The van der Waals surface area contributed by atoms with Crippen LogP contribution in [0, 0.1) is 11.8 Å². The van der Waals surface area contributed by atoms with Gasteiger partial charge in [-0.05, 0) is 61.9 Å². The maximum Gasteiger partial charge on any atom is 0.254 e.